The second-order valence-corrected chi connectivity index (χ2v) is 9.64. The number of carbonyl (C=O) groups is 2. The van der Waals surface area contributed by atoms with Gasteiger partial charge in [-0.2, -0.15) is 0 Å². The molecule has 1 aromatic carbocycles. The third-order valence-electron chi connectivity index (χ3n) is 6.51. The Labute approximate surface area is 187 Å². The molecule has 5 rings (SSSR count). The minimum Gasteiger partial charge on any atom is -0.339 e. The summed E-state index contributed by atoms with van der Waals surface area (Å²) in [5, 5.41) is 2.83. The van der Waals surface area contributed by atoms with Crippen molar-refractivity contribution < 1.29 is 18.4 Å². The van der Waals surface area contributed by atoms with E-state index < -0.39 is 12.3 Å². The van der Waals surface area contributed by atoms with Gasteiger partial charge in [0.2, 0.25) is 11.9 Å². The maximum Gasteiger partial charge on any atom is 0.272 e. The highest BCUT2D eigenvalue weighted by Crippen LogP contribution is 2.55. The van der Waals surface area contributed by atoms with E-state index in [4.69, 9.17) is 0 Å². The summed E-state index contributed by atoms with van der Waals surface area (Å²) >= 11 is 0.785. The number of nitrogens with one attached hydrogen (secondary N) is 1. The van der Waals surface area contributed by atoms with Crippen molar-refractivity contribution in [1.29, 1.82) is 0 Å². The molecule has 2 fully saturated rings. The normalized spacial score (nSPS) is 22.5. The van der Waals surface area contributed by atoms with Crippen LogP contribution in [0.2, 0.25) is 0 Å². The molecule has 0 unspecified atom stereocenters. The highest BCUT2D eigenvalue weighted by Gasteiger charge is 2.50. The van der Waals surface area contributed by atoms with E-state index in [-0.39, 0.29) is 27.1 Å². The molecule has 1 saturated heterocycles. The molecular weight excluding hydrogens is 434 g/mol. The molecule has 6 nitrogen and oxygen atoms in total. The Morgan fingerprint density at radius 2 is 2.03 bits per heavy atom. The van der Waals surface area contributed by atoms with E-state index in [1.54, 1.807) is 0 Å². The van der Waals surface area contributed by atoms with Gasteiger partial charge >= 0.3 is 0 Å². The summed E-state index contributed by atoms with van der Waals surface area (Å²) in [6.07, 6.45) is 1.47. The zero-order valence-corrected chi connectivity index (χ0v) is 18.1. The van der Waals surface area contributed by atoms with Crippen LogP contribution in [0, 0.1) is 5.41 Å². The molecule has 166 valence electrons. The first-order valence-electron chi connectivity index (χ1n) is 10.5. The van der Waals surface area contributed by atoms with Crippen LogP contribution in [0.5, 0.6) is 0 Å². The van der Waals surface area contributed by atoms with E-state index in [2.05, 4.69) is 16.9 Å². The molecule has 32 heavy (non-hydrogen) atoms. The molecule has 2 aromatic heterocycles. The third kappa shape index (κ3) is 3.50. The van der Waals surface area contributed by atoms with E-state index in [1.165, 1.54) is 18.2 Å². The first-order chi connectivity index (χ1) is 15.4. The van der Waals surface area contributed by atoms with Crippen LogP contribution in [0.25, 0.3) is 11.0 Å². The van der Waals surface area contributed by atoms with Crippen LogP contribution in [-0.2, 0) is 4.79 Å². The molecule has 1 spiro atoms. The SMILES string of the molecule is C=CC(=O)N1CC[C@]2(C1)C[C@@H](n1c(NC(=O)c3ccc(C(F)F)s3)nc3ccccc31)C2. The molecule has 2 amide bonds. The predicted octanol–water partition coefficient (Wildman–Crippen LogP) is 5.03. The van der Waals surface area contributed by atoms with Crippen molar-refractivity contribution in [3.8, 4) is 0 Å². The van der Waals surface area contributed by atoms with Crippen molar-refractivity contribution in [1.82, 2.24) is 14.5 Å². The lowest BCUT2D eigenvalue weighted by Gasteiger charge is -2.46. The first-order valence-corrected chi connectivity index (χ1v) is 11.3. The fourth-order valence-electron chi connectivity index (χ4n) is 4.97. The second-order valence-electron chi connectivity index (χ2n) is 8.53. The fraction of sp³-hybridized carbons (Fsp3) is 0.348. The van der Waals surface area contributed by atoms with Gasteiger partial charge in [0.15, 0.2) is 0 Å². The van der Waals surface area contributed by atoms with Gasteiger partial charge in [-0.1, -0.05) is 18.7 Å². The van der Waals surface area contributed by atoms with Crippen LogP contribution < -0.4 is 5.32 Å². The van der Waals surface area contributed by atoms with Crippen molar-refractivity contribution >= 4 is 40.1 Å². The van der Waals surface area contributed by atoms with Gasteiger partial charge in [-0.3, -0.25) is 14.9 Å². The number of thiophene rings is 1. The number of imidazole rings is 1. The number of hydrogen-bond donors (Lipinski definition) is 1. The number of hydrogen-bond acceptors (Lipinski definition) is 4. The monoisotopic (exact) mass is 456 g/mol. The average molecular weight is 457 g/mol. The number of carbonyl (C=O) groups excluding carboxylic acids is 2. The van der Waals surface area contributed by atoms with E-state index in [1.807, 2.05) is 33.7 Å². The Morgan fingerprint density at radius 3 is 2.75 bits per heavy atom. The largest absolute Gasteiger partial charge is 0.339 e. The molecule has 9 heteroatoms. The highest BCUT2D eigenvalue weighted by molar-refractivity contribution is 7.14. The zero-order chi connectivity index (χ0) is 22.5. The second kappa shape index (κ2) is 7.81. The number of benzene rings is 1. The Balaban J connectivity index is 1.39. The number of aromatic nitrogens is 2. The molecule has 1 N–H and O–H groups in total. The molecule has 1 aliphatic carbocycles. The number of alkyl halides is 2. The molecule has 0 bridgehead atoms. The van der Waals surface area contributed by atoms with Gasteiger partial charge in [-0.05, 0) is 55.0 Å². The standard InChI is InChI=1S/C23H22F2N4O2S/c1-2-19(30)28-10-9-23(13-28)11-14(12-23)29-16-6-4-3-5-15(16)26-22(29)27-21(31)18-8-7-17(32-18)20(24)25/h2-8,14,20H,1,9-13H2,(H,26,27,31)/t14-,23+. The number of amides is 2. The Morgan fingerprint density at radius 1 is 1.25 bits per heavy atom. The number of likely N-dealkylation sites (tertiary alicyclic amines) is 1. The summed E-state index contributed by atoms with van der Waals surface area (Å²) < 4.78 is 27.9. The number of nitrogens with zero attached hydrogens (tertiary/aromatic N) is 3. The minimum atomic E-state index is -2.60. The summed E-state index contributed by atoms with van der Waals surface area (Å²) in [6.45, 7) is 5.03. The highest BCUT2D eigenvalue weighted by atomic mass is 32.1. The van der Waals surface area contributed by atoms with Crippen molar-refractivity contribution in [2.24, 2.45) is 5.41 Å². The van der Waals surface area contributed by atoms with Crippen molar-refractivity contribution in [3.05, 3.63) is 58.8 Å². The van der Waals surface area contributed by atoms with Crippen LogP contribution in [-0.4, -0.2) is 39.4 Å². The molecule has 3 heterocycles. The van der Waals surface area contributed by atoms with Crippen molar-refractivity contribution in [2.45, 2.75) is 31.7 Å². The van der Waals surface area contributed by atoms with Gasteiger partial charge in [0.05, 0.1) is 20.8 Å². The predicted molar refractivity (Wildman–Crippen MR) is 119 cm³/mol. The van der Waals surface area contributed by atoms with Gasteiger partial charge in [0.25, 0.3) is 12.3 Å². The van der Waals surface area contributed by atoms with Crippen LogP contribution in [0.1, 0.15) is 46.3 Å². The van der Waals surface area contributed by atoms with Gasteiger partial charge < -0.3 is 9.47 Å². The first kappa shape index (κ1) is 20.8. The van der Waals surface area contributed by atoms with Gasteiger partial charge in [-0.25, -0.2) is 13.8 Å². The summed E-state index contributed by atoms with van der Waals surface area (Å²) in [5.41, 5.74) is 1.76. The van der Waals surface area contributed by atoms with E-state index in [0.29, 0.717) is 12.5 Å². The third-order valence-corrected chi connectivity index (χ3v) is 7.61. The molecule has 2 aliphatic rings. The molecule has 1 aliphatic heterocycles. The summed E-state index contributed by atoms with van der Waals surface area (Å²) in [5.74, 6) is -0.0679. The maximum absolute atomic E-state index is 12.9. The quantitative estimate of drug-likeness (QED) is 0.548. The summed E-state index contributed by atoms with van der Waals surface area (Å²) in [6, 6.07) is 10.5. The number of para-hydroxylation sites is 2. The van der Waals surface area contributed by atoms with E-state index >= 15 is 0 Å². The van der Waals surface area contributed by atoms with Crippen molar-refractivity contribution in [2.75, 3.05) is 18.4 Å². The lowest BCUT2D eigenvalue weighted by atomic mass is 9.65. The number of rotatable bonds is 5. The summed E-state index contributed by atoms with van der Waals surface area (Å²) in [7, 11) is 0. The van der Waals surface area contributed by atoms with Gasteiger partial charge in [-0.15, -0.1) is 11.3 Å². The van der Waals surface area contributed by atoms with E-state index in [9.17, 15) is 18.4 Å². The van der Waals surface area contributed by atoms with Crippen molar-refractivity contribution in [3.63, 3.8) is 0 Å². The number of anilines is 1. The lowest BCUT2D eigenvalue weighted by molar-refractivity contribution is -0.125. The minimum absolute atomic E-state index is 0.0366. The molecular formula is C23H22F2N4O2S. The zero-order valence-electron chi connectivity index (χ0n) is 17.3. The lowest BCUT2D eigenvalue weighted by Crippen LogP contribution is -2.42. The Bertz CT molecular complexity index is 1210. The van der Waals surface area contributed by atoms with Crippen LogP contribution in [0.3, 0.4) is 0 Å². The molecule has 3 aromatic rings. The smallest absolute Gasteiger partial charge is 0.272 e. The number of halogens is 2. The summed E-state index contributed by atoms with van der Waals surface area (Å²) in [4.78, 5) is 31.3. The van der Waals surface area contributed by atoms with Gasteiger partial charge in [0.1, 0.15) is 0 Å². The average Bonchev–Trinajstić information content (AvgIpc) is 3.48. The Kier molecular flexibility index (Phi) is 5.08. The van der Waals surface area contributed by atoms with Crippen LogP contribution in [0.4, 0.5) is 14.7 Å². The van der Waals surface area contributed by atoms with Crippen LogP contribution in [0.15, 0.2) is 49.1 Å². The van der Waals surface area contributed by atoms with Crippen LogP contribution >= 0.6 is 11.3 Å². The topological polar surface area (TPSA) is 67.2 Å². The fourth-order valence-corrected chi connectivity index (χ4v) is 5.72. The molecule has 1 saturated carbocycles. The Hall–Kier alpha value is -3.07. The molecule has 0 radical (unpaired) electrons. The maximum atomic E-state index is 12.9. The van der Waals surface area contributed by atoms with Gasteiger partial charge in [0, 0.05) is 19.1 Å². The van der Waals surface area contributed by atoms with E-state index in [0.717, 1.165) is 48.2 Å². The number of fused-ring (bicyclic) bond motifs is 1. The molecule has 0 atom stereocenters.